The van der Waals surface area contributed by atoms with Crippen LogP contribution in [0.3, 0.4) is 0 Å². The molecule has 9 heteroatoms. The van der Waals surface area contributed by atoms with Crippen LogP contribution < -0.4 is 10.1 Å². The molecular formula is C23H28N4O4S. The smallest absolute Gasteiger partial charge is 0.373 e. The summed E-state index contributed by atoms with van der Waals surface area (Å²) in [6.07, 6.45) is 5.98. The lowest BCUT2D eigenvalue weighted by Gasteiger charge is -2.25. The van der Waals surface area contributed by atoms with E-state index in [-0.39, 0.29) is 5.76 Å². The first kappa shape index (κ1) is 22.3. The quantitative estimate of drug-likeness (QED) is 0.352. The highest BCUT2D eigenvalue weighted by Gasteiger charge is 2.23. The first-order chi connectivity index (χ1) is 15.7. The third-order valence-electron chi connectivity index (χ3n) is 5.59. The maximum Gasteiger partial charge on any atom is 0.373 e. The molecule has 0 amide bonds. The summed E-state index contributed by atoms with van der Waals surface area (Å²) in [5, 5.41) is 13.3. The van der Waals surface area contributed by atoms with Crippen molar-refractivity contribution in [3.05, 3.63) is 53.7 Å². The van der Waals surface area contributed by atoms with Crippen LogP contribution in [-0.2, 0) is 17.0 Å². The van der Waals surface area contributed by atoms with Crippen molar-refractivity contribution in [2.24, 2.45) is 0 Å². The molecule has 3 aromatic rings. The number of ether oxygens (including phenoxy) is 2. The van der Waals surface area contributed by atoms with E-state index < -0.39 is 5.97 Å². The molecular weight excluding hydrogens is 428 g/mol. The average molecular weight is 457 g/mol. The molecule has 1 N–H and O–H groups in total. The third-order valence-corrected chi connectivity index (χ3v) is 6.55. The highest BCUT2D eigenvalue weighted by atomic mass is 32.2. The highest BCUT2D eigenvalue weighted by molar-refractivity contribution is 7.98. The number of carbonyl (C=O) groups is 1. The summed E-state index contributed by atoms with van der Waals surface area (Å²) in [4.78, 5) is 11.6. The predicted molar refractivity (Wildman–Crippen MR) is 122 cm³/mol. The molecule has 0 radical (unpaired) electrons. The van der Waals surface area contributed by atoms with Crippen LogP contribution >= 0.6 is 11.8 Å². The lowest BCUT2D eigenvalue weighted by atomic mass is 9.95. The molecule has 2 heterocycles. The van der Waals surface area contributed by atoms with Crippen LogP contribution in [0.25, 0.3) is 0 Å². The second-order valence-electron chi connectivity index (χ2n) is 7.69. The van der Waals surface area contributed by atoms with Crippen molar-refractivity contribution in [1.29, 1.82) is 0 Å². The maximum atomic E-state index is 11.6. The normalized spacial score (nSPS) is 14.3. The molecule has 1 aromatic carbocycles. The van der Waals surface area contributed by atoms with Gasteiger partial charge in [-0.2, -0.15) is 0 Å². The number of thioether (sulfide) groups is 1. The van der Waals surface area contributed by atoms with Crippen LogP contribution in [0.5, 0.6) is 5.75 Å². The van der Waals surface area contributed by atoms with Crippen LogP contribution in [-0.4, -0.2) is 35.0 Å². The number of furan rings is 1. The van der Waals surface area contributed by atoms with Gasteiger partial charge in [0.2, 0.25) is 5.76 Å². The molecule has 0 bridgehead atoms. The highest BCUT2D eigenvalue weighted by Crippen LogP contribution is 2.34. The second-order valence-corrected chi connectivity index (χ2v) is 8.63. The van der Waals surface area contributed by atoms with E-state index in [1.807, 2.05) is 24.3 Å². The van der Waals surface area contributed by atoms with Crippen molar-refractivity contribution in [3.8, 4) is 5.75 Å². The molecule has 170 valence electrons. The Morgan fingerprint density at radius 1 is 1.19 bits per heavy atom. The van der Waals surface area contributed by atoms with Gasteiger partial charge in [-0.05, 0) is 37.1 Å². The van der Waals surface area contributed by atoms with Crippen LogP contribution in [0.15, 0.2) is 46.0 Å². The standard InChI is InChI=1S/C23H28N4O4S/c1-29-18-10-6-7-16(13-18)24-14-21-25-26-23(27(21)17-8-4-3-5-9-17)32-15-19-11-12-20(31-19)22(28)30-2/h6-7,10-13,17,24H,3-5,8-9,14-15H2,1-2H3. The van der Waals surface area contributed by atoms with Gasteiger partial charge in [0.25, 0.3) is 0 Å². The summed E-state index contributed by atoms with van der Waals surface area (Å²) < 4.78 is 17.9. The zero-order chi connectivity index (χ0) is 22.3. The molecule has 1 fully saturated rings. The number of methoxy groups -OCH3 is 2. The molecule has 0 atom stereocenters. The van der Waals surface area contributed by atoms with Gasteiger partial charge in [0.05, 0.1) is 26.5 Å². The topological polar surface area (TPSA) is 91.4 Å². The van der Waals surface area contributed by atoms with E-state index >= 15 is 0 Å². The number of aromatic nitrogens is 3. The molecule has 0 aliphatic heterocycles. The van der Waals surface area contributed by atoms with E-state index in [0.717, 1.165) is 35.3 Å². The number of esters is 1. The maximum absolute atomic E-state index is 11.6. The zero-order valence-corrected chi connectivity index (χ0v) is 19.2. The fourth-order valence-electron chi connectivity index (χ4n) is 3.95. The van der Waals surface area contributed by atoms with E-state index in [2.05, 4.69) is 20.1 Å². The first-order valence-electron chi connectivity index (χ1n) is 10.8. The molecule has 0 unspecified atom stereocenters. The molecule has 0 spiro atoms. The Morgan fingerprint density at radius 2 is 2.03 bits per heavy atom. The van der Waals surface area contributed by atoms with Gasteiger partial charge in [-0.1, -0.05) is 37.1 Å². The summed E-state index contributed by atoms with van der Waals surface area (Å²) in [5.41, 5.74) is 0.975. The Morgan fingerprint density at radius 3 is 2.81 bits per heavy atom. The van der Waals surface area contributed by atoms with Gasteiger partial charge in [0.1, 0.15) is 11.5 Å². The minimum absolute atomic E-state index is 0.208. The van der Waals surface area contributed by atoms with Crippen LogP contribution in [0.2, 0.25) is 0 Å². The molecule has 1 aliphatic carbocycles. The molecule has 2 aromatic heterocycles. The van der Waals surface area contributed by atoms with Crippen molar-refractivity contribution < 1.29 is 18.7 Å². The van der Waals surface area contributed by atoms with Crippen molar-refractivity contribution in [2.75, 3.05) is 19.5 Å². The molecule has 4 rings (SSSR count). The summed E-state index contributed by atoms with van der Waals surface area (Å²) in [5.74, 6) is 2.72. The fraction of sp³-hybridized carbons (Fsp3) is 0.435. The number of hydrogen-bond donors (Lipinski definition) is 1. The van der Waals surface area contributed by atoms with Crippen molar-refractivity contribution >= 4 is 23.4 Å². The van der Waals surface area contributed by atoms with Crippen molar-refractivity contribution in [3.63, 3.8) is 0 Å². The van der Waals surface area contributed by atoms with Gasteiger partial charge >= 0.3 is 5.97 Å². The molecule has 8 nitrogen and oxygen atoms in total. The average Bonchev–Trinajstić information content (AvgIpc) is 3.48. The minimum atomic E-state index is -0.475. The van der Waals surface area contributed by atoms with E-state index in [0.29, 0.717) is 24.1 Å². The number of rotatable bonds is 9. The Hall–Kier alpha value is -2.94. The Balaban J connectivity index is 1.49. The van der Waals surface area contributed by atoms with Crippen LogP contribution in [0.1, 0.15) is 60.3 Å². The number of nitrogens with one attached hydrogen (secondary N) is 1. The summed E-state index contributed by atoms with van der Waals surface area (Å²) in [6, 6.07) is 11.7. The molecule has 1 aliphatic rings. The monoisotopic (exact) mass is 456 g/mol. The molecule has 1 saturated carbocycles. The second kappa shape index (κ2) is 10.6. The third kappa shape index (κ3) is 5.27. The number of hydrogen-bond acceptors (Lipinski definition) is 8. The zero-order valence-electron chi connectivity index (χ0n) is 18.4. The van der Waals surface area contributed by atoms with Gasteiger partial charge in [-0.3, -0.25) is 0 Å². The SMILES string of the molecule is COC(=O)c1ccc(CSc2nnc(CNc3cccc(OC)c3)n2C2CCCCC2)o1. The number of anilines is 1. The number of carbonyl (C=O) groups excluding carboxylic acids is 1. The Labute approximate surface area is 191 Å². The minimum Gasteiger partial charge on any atom is -0.497 e. The van der Waals surface area contributed by atoms with Gasteiger partial charge < -0.3 is 23.8 Å². The lowest BCUT2D eigenvalue weighted by molar-refractivity contribution is 0.0563. The lowest BCUT2D eigenvalue weighted by Crippen LogP contribution is -2.18. The van der Waals surface area contributed by atoms with Gasteiger partial charge in [-0.25, -0.2) is 4.79 Å². The Kier molecular flexibility index (Phi) is 7.36. The summed E-state index contributed by atoms with van der Waals surface area (Å²) in [6.45, 7) is 0.574. The van der Waals surface area contributed by atoms with E-state index in [1.54, 1.807) is 31.0 Å². The Bertz CT molecular complexity index is 1040. The summed E-state index contributed by atoms with van der Waals surface area (Å²) >= 11 is 1.57. The van der Waals surface area contributed by atoms with Gasteiger partial charge in [0, 0.05) is 17.8 Å². The first-order valence-corrected chi connectivity index (χ1v) is 11.8. The van der Waals surface area contributed by atoms with E-state index in [1.165, 1.54) is 26.4 Å². The van der Waals surface area contributed by atoms with Gasteiger partial charge in [0.15, 0.2) is 11.0 Å². The number of nitrogens with zero attached hydrogens (tertiary/aromatic N) is 3. The largest absolute Gasteiger partial charge is 0.497 e. The molecule has 32 heavy (non-hydrogen) atoms. The van der Waals surface area contributed by atoms with Crippen LogP contribution in [0, 0.1) is 0 Å². The van der Waals surface area contributed by atoms with E-state index in [4.69, 9.17) is 13.9 Å². The predicted octanol–water partition coefficient (Wildman–Crippen LogP) is 5.08. The van der Waals surface area contributed by atoms with E-state index in [9.17, 15) is 4.79 Å². The summed E-state index contributed by atoms with van der Waals surface area (Å²) in [7, 11) is 3.00. The molecule has 0 saturated heterocycles. The van der Waals surface area contributed by atoms with Crippen molar-refractivity contribution in [1.82, 2.24) is 14.8 Å². The van der Waals surface area contributed by atoms with Gasteiger partial charge in [-0.15, -0.1) is 10.2 Å². The van der Waals surface area contributed by atoms with Crippen LogP contribution in [0.4, 0.5) is 5.69 Å². The fourth-order valence-corrected chi connectivity index (χ4v) is 4.87. The number of benzene rings is 1. The van der Waals surface area contributed by atoms with Crippen molar-refractivity contribution in [2.45, 2.75) is 55.6 Å².